The first-order valence-electron chi connectivity index (χ1n) is 9.00. The Hall–Kier alpha value is -2.96. The average Bonchev–Trinajstić information content (AvgIpc) is 3.11. The Bertz CT molecular complexity index is 984. The van der Waals surface area contributed by atoms with Crippen molar-refractivity contribution >= 4 is 17.7 Å². The number of rotatable bonds is 1. The first-order chi connectivity index (χ1) is 12.7. The van der Waals surface area contributed by atoms with E-state index in [1.807, 2.05) is 32.4 Å². The lowest BCUT2D eigenvalue weighted by Gasteiger charge is -2.29. The van der Waals surface area contributed by atoms with E-state index in [0.717, 1.165) is 11.4 Å². The van der Waals surface area contributed by atoms with E-state index in [2.05, 4.69) is 4.98 Å². The van der Waals surface area contributed by atoms with Gasteiger partial charge in [0, 0.05) is 31.1 Å². The molecule has 0 saturated heterocycles. The van der Waals surface area contributed by atoms with Crippen LogP contribution in [-0.4, -0.2) is 49.2 Å². The summed E-state index contributed by atoms with van der Waals surface area (Å²) in [5.74, 6) is -0.789. The first-order valence-corrected chi connectivity index (χ1v) is 9.00. The van der Waals surface area contributed by atoms with E-state index in [1.165, 1.54) is 4.90 Å². The highest BCUT2D eigenvalue weighted by Crippen LogP contribution is 2.30. The summed E-state index contributed by atoms with van der Waals surface area (Å²) in [7, 11) is 1.92. The summed E-state index contributed by atoms with van der Waals surface area (Å²) in [6.07, 6.45) is 2.47. The highest BCUT2D eigenvalue weighted by atomic mass is 16.2. The molecule has 0 saturated carbocycles. The molecule has 0 atom stereocenters. The molecule has 0 aliphatic carbocycles. The first kappa shape index (κ1) is 17.5. The molecule has 3 amide bonds. The summed E-state index contributed by atoms with van der Waals surface area (Å²) < 4.78 is 1.93. The van der Waals surface area contributed by atoms with E-state index >= 15 is 0 Å². The molecule has 2 aliphatic rings. The molecule has 4 rings (SSSR count). The number of carbonyl (C=O) groups is 3. The van der Waals surface area contributed by atoms with Gasteiger partial charge in [0.25, 0.3) is 17.7 Å². The predicted octanol–water partition coefficient (Wildman–Crippen LogP) is 2.01. The van der Waals surface area contributed by atoms with Crippen LogP contribution in [0.25, 0.3) is 0 Å². The quantitative estimate of drug-likeness (QED) is 0.724. The average molecular weight is 366 g/mol. The van der Waals surface area contributed by atoms with Crippen LogP contribution in [0.5, 0.6) is 0 Å². The topological polar surface area (TPSA) is 75.5 Å². The number of imidazole rings is 1. The van der Waals surface area contributed by atoms with Crippen molar-refractivity contribution in [2.45, 2.75) is 39.3 Å². The van der Waals surface area contributed by atoms with Crippen LogP contribution in [0.1, 0.15) is 63.2 Å². The molecule has 0 unspecified atom stereocenters. The second-order valence-corrected chi connectivity index (χ2v) is 8.10. The highest BCUT2D eigenvalue weighted by molar-refractivity contribution is 6.22. The minimum Gasteiger partial charge on any atom is -0.336 e. The number of hydrogen-bond acceptors (Lipinski definition) is 4. The van der Waals surface area contributed by atoms with Crippen LogP contribution in [-0.2, 0) is 20.0 Å². The fraction of sp³-hybridized carbons (Fsp3) is 0.400. The summed E-state index contributed by atoms with van der Waals surface area (Å²) in [6.45, 7) is 6.53. The maximum Gasteiger partial charge on any atom is 0.262 e. The van der Waals surface area contributed by atoms with Crippen LogP contribution in [0.2, 0.25) is 0 Å². The van der Waals surface area contributed by atoms with Gasteiger partial charge in [-0.2, -0.15) is 0 Å². The minimum absolute atomic E-state index is 0.140. The summed E-state index contributed by atoms with van der Waals surface area (Å²) in [6, 6.07) is 4.79. The van der Waals surface area contributed by atoms with Gasteiger partial charge in [0.15, 0.2) is 0 Å². The fourth-order valence-corrected chi connectivity index (χ4v) is 3.76. The van der Waals surface area contributed by atoms with Gasteiger partial charge >= 0.3 is 0 Å². The van der Waals surface area contributed by atoms with Crippen LogP contribution in [0.4, 0.5) is 0 Å². The summed E-state index contributed by atoms with van der Waals surface area (Å²) >= 11 is 0. The third-order valence-corrected chi connectivity index (χ3v) is 5.20. The van der Waals surface area contributed by atoms with Crippen molar-refractivity contribution in [3.8, 4) is 0 Å². The molecular weight excluding hydrogens is 344 g/mol. The van der Waals surface area contributed by atoms with E-state index in [4.69, 9.17) is 0 Å². The molecule has 140 valence electrons. The number of benzene rings is 1. The van der Waals surface area contributed by atoms with Gasteiger partial charge in [0.1, 0.15) is 0 Å². The molecule has 0 bridgehead atoms. The second-order valence-electron chi connectivity index (χ2n) is 8.10. The maximum absolute atomic E-state index is 13.0. The van der Waals surface area contributed by atoms with Crippen LogP contribution in [0.15, 0.2) is 24.5 Å². The van der Waals surface area contributed by atoms with Crippen molar-refractivity contribution in [1.82, 2.24) is 19.4 Å². The Morgan fingerprint density at radius 1 is 1.11 bits per heavy atom. The van der Waals surface area contributed by atoms with Crippen molar-refractivity contribution in [3.05, 3.63) is 52.6 Å². The maximum atomic E-state index is 13.0. The number of carbonyl (C=O) groups excluding carboxylic acids is 3. The van der Waals surface area contributed by atoms with Gasteiger partial charge in [-0.1, -0.05) is 0 Å². The lowest BCUT2D eigenvalue weighted by Crippen LogP contribution is -2.45. The fourth-order valence-electron chi connectivity index (χ4n) is 3.76. The Balaban J connectivity index is 1.63. The molecule has 0 radical (unpaired) electrons. The molecule has 27 heavy (non-hydrogen) atoms. The number of fused-ring (bicyclic) bond motifs is 2. The number of imide groups is 1. The van der Waals surface area contributed by atoms with Crippen molar-refractivity contribution in [1.29, 1.82) is 0 Å². The number of aromatic nitrogens is 2. The number of aryl methyl sites for hydroxylation is 1. The molecule has 1 aromatic carbocycles. The molecular formula is C20H22N4O3. The molecule has 2 aliphatic heterocycles. The van der Waals surface area contributed by atoms with Gasteiger partial charge < -0.3 is 9.47 Å². The summed E-state index contributed by atoms with van der Waals surface area (Å²) in [4.78, 5) is 45.7. The van der Waals surface area contributed by atoms with Gasteiger partial charge in [-0.05, 0) is 39.0 Å². The summed E-state index contributed by atoms with van der Waals surface area (Å²) in [5.41, 5.74) is 2.53. The lowest BCUT2D eigenvalue weighted by atomic mass is 10.0. The minimum atomic E-state index is -0.611. The summed E-state index contributed by atoms with van der Waals surface area (Å²) in [5, 5.41) is 0. The predicted molar refractivity (Wildman–Crippen MR) is 98.3 cm³/mol. The zero-order valence-electron chi connectivity index (χ0n) is 15.9. The van der Waals surface area contributed by atoms with Gasteiger partial charge in [0.05, 0.1) is 35.4 Å². The highest BCUT2D eigenvalue weighted by Gasteiger charge is 2.42. The van der Waals surface area contributed by atoms with Crippen LogP contribution in [0.3, 0.4) is 0 Å². The van der Waals surface area contributed by atoms with Crippen LogP contribution in [0, 0.1) is 0 Å². The van der Waals surface area contributed by atoms with Gasteiger partial charge in [-0.25, -0.2) is 4.98 Å². The van der Waals surface area contributed by atoms with Crippen molar-refractivity contribution < 1.29 is 14.4 Å². The SMILES string of the molecule is Cn1cnc2c1CN(C(=O)c1ccc3c(c1)C(=O)N(C(C)(C)C)C3=O)CC2. The lowest BCUT2D eigenvalue weighted by molar-refractivity contribution is 0.0507. The van der Waals surface area contributed by atoms with E-state index in [1.54, 1.807) is 29.4 Å². The monoisotopic (exact) mass is 366 g/mol. The Kier molecular flexibility index (Phi) is 3.73. The Morgan fingerprint density at radius 3 is 2.52 bits per heavy atom. The smallest absolute Gasteiger partial charge is 0.262 e. The van der Waals surface area contributed by atoms with E-state index in [9.17, 15) is 14.4 Å². The van der Waals surface area contributed by atoms with Gasteiger partial charge in [-0.15, -0.1) is 0 Å². The van der Waals surface area contributed by atoms with Crippen LogP contribution >= 0.6 is 0 Å². The third-order valence-electron chi connectivity index (χ3n) is 5.20. The molecule has 2 aromatic rings. The van der Waals surface area contributed by atoms with Gasteiger partial charge in [0.2, 0.25) is 0 Å². The van der Waals surface area contributed by atoms with Gasteiger partial charge in [-0.3, -0.25) is 19.3 Å². The molecule has 1 aromatic heterocycles. The van der Waals surface area contributed by atoms with Crippen molar-refractivity contribution in [3.63, 3.8) is 0 Å². The molecule has 0 fully saturated rings. The number of nitrogens with zero attached hydrogens (tertiary/aromatic N) is 4. The zero-order chi connectivity index (χ0) is 19.5. The Labute approximate surface area is 157 Å². The third kappa shape index (κ3) is 2.65. The Morgan fingerprint density at radius 2 is 1.81 bits per heavy atom. The van der Waals surface area contributed by atoms with E-state index < -0.39 is 5.54 Å². The normalized spacial score (nSPS) is 16.6. The van der Waals surface area contributed by atoms with E-state index in [-0.39, 0.29) is 17.7 Å². The second kappa shape index (κ2) is 5.77. The zero-order valence-corrected chi connectivity index (χ0v) is 15.9. The molecule has 0 N–H and O–H groups in total. The largest absolute Gasteiger partial charge is 0.336 e. The molecule has 3 heterocycles. The number of hydrogen-bond donors (Lipinski definition) is 0. The van der Waals surface area contributed by atoms with Crippen LogP contribution < -0.4 is 0 Å². The molecule has 7 nitrogen and oxygen atoms in total. The van der Waals surface area contributed by atoms with Crippen molar-refractivity contribution in [2.75, 3.05) is 6.54 Å². The van der Waals surface area contributed by atoms with Crippen molar-refractivity contribution in [2.24, 2.45) is 7.05 Å². The standard InChI is InChI=1S/C20H22N4O3/c1-20(2,3)24-18(26)13-6-5-12(9-14(13)19(24)27)17(25)23-8-7-15-16(10-23)22(4)11-21-15/h5-6,9,11H,7-8,10H2,1-4H3. The van der Waals surface area contributed by atoms with E-state index in [0.29, 0.717) is 36.2 Å². The molecule has 7 heteroatoms. The molecule has 0 spiro atoms. The number of amides is 3.